The zero-order valence-corrected chi connectivity index (χ0v) is 12.6. The van der Waals surface area contributed by atoms with Gasteiger partial charge in [-0.15, -0.1) is 0 Å². The zero-order chi connectivity index (χ0) is 13.9. The van der Waals surface area contributed by atoms with Gasteiger partial charge in [0, 0.05) is 10.8 Å². The fraction of sp³-hybridized carbons (Fsp3) is 0.333. The Morgan fingerprint density at radius 2 is 1.16 bits per heavy atom. The molecule has 3 aromatic rings. The summed E-state index contributed by atoms with van der Waals surface area (Å²) in [6.45, 7) is 13.1. The van der Waals surface area contributed by atoms with Crippen molar-refractivity contribution in [1.82, 2.24) is 0 Å². The molecule has 0 aliphatic heterocycles. The first-order valence-electron chi connectivity index (χ1n) is 6.82. The third-order valence-electron chi connectivity index (χ3n) is 4.65. The molecule has 3 rings (SSSR count). The molecule has 0 atom stereocenters. The van der Waals surface area contributed by atoms with E-state index >= 15 is 0 Å². The highest BCUT2D eigenvalue weighted by Crippen LogP contribution is 2.39. The highest BCUT2D eigenvalue weighted by molar-refractivity contribution is 6.10. The van der Waals surface area contributed by atoms with Crippen molar-refractivity contribution in [3.63, 3.8) is 0 Å². The van der Waals surface area contributed by atoms with Crippen LogP contribution in [-0.2, 0) is 0 Å². The lowest BCUT2D eigenvalue weighted by atomic mass is 9.93. The molecule has 0 amide bonds. The van der Waals surface area contributed by atoms with E-state index in [1.54, 1.807) is 0 Å². The number of rotatable bonds is 0. The van der Waals surface area contributed by atoms with Crippen LogP contribution in [0.15, 0.2) is 16.5 Å². The summed E-state index contributed by atoms with van der Waals surface area (Å²) >= 11 is 0. The molecule has 2 aromatic carbocycles. The van der Waals surface area contributed by atoms with E-state index < -0.39 is 0 Å². The first-order valence-corrected chi connectivity index (χ1v) is 6.82. The molecule has 1 aromatic heterocycles. The van der Waals surface area contributed by atoms with Crippen LogP contribution in [0.3, 0.4) is 0 Å². The molecular formula is C18H20O. The van der Waals surface area contributed by atoms with E-state index in [-0.39, 0.29) is 0 Å². The summed E-state index contributed by atoms with van der Waals surface area (Å²) in [7, 11) is 0. The third-order valence-corrected chi connectivity index (χ3v) is 4.65. The lowest BCUT2D eigenvalue weighted by Gasteiger charge is -2.10. The lowest BCUT2D eigenvalue weighted by Crippen LogP contribution is -1.92. The second kappa shape index (κ2) is 3.86. The van der Waals surface area contributed by atoms with Crippen LogP contribution in [0.5, 0.6) is 0 Å². The summed E-state index contributed by atoms with van der Waals surface area (Å²) in [5, 5.41) is 2.59. The largest absolute Gasteiger partial charge is 0.455 e. The molecule has 98 valence electrons. The molecule has 0 bridgehead atoms. The molecule has 0 aliphatic rings. The fourth-order valence-corrected chi connectivity index (χ4v) is 3.04. The predicted octanol–water partition coefficient (Wildman–Crippen LogP) is 5.44. The van der Waals surface area contributed by atoms with Gasteiger partial charge in [0.25, 0.3) is 0 Å². The molecule has 1 heterocycles. The molecular weight excluding hydrogens is 232 g/mol. The van der Waals surface area contributed by atoms with Gasteiger partial charge in [0.2, 0.25) is 0 Å². The van der Waals surface area contributed by atoms with Crippen molar-refractivity contribution in [3.05, 3.63) is 45.5 Å². The van der Waals surface area contributed by atoms with Crippen molar-refractivity contribution in [2.75, 3.05) is 0 Å². The Labute approximate surface area is 114 Å². The van der Waals surface area contributed by atoms with Crippen molar-refractivity contribution in [2.45, 2.75) is 41.5 Å². The standard InChI is InChI=1S/C18H20O/c1-9-7-8-10(2)17-15(9)16-13(5)11(3)12(4)14(6)18(16)19-17/h7-8H,1-6H3. The quantitative estimate of drug-likeness (QED) is 0.519. The van der Waals surface area contributed by atoms with Gasteiger partial charge < -0.3 is 4.42 Å². The second-order valence-corrected chi connectivity index (χ2v) is 5.71. The van der Waals surface area contributed by atoms with Crippen molar-refractivity contribution >= 4 is 21.9 Å². The molecule has 1 nitrogen and oxygen atoms in total. The highest BCUT2D eigenvalue weighted by Gasteiger charge is 2.18. The average molecular weight is 252 g/mol. The molecule has 0 N–H and O–H groups in total. The summed E-state index contributed by atoms with van der Waals surface area (Å²) < 4.78 is 6.21. The Hall–Kier alpha value is -1.76. The Balaban J connectivity index is 2.71. The van der Waals surface area contributed by atoms with Gasteiger partial charge in [-0.1, -0.05) is 12.1 Å². The maximum Gasteiger partial charge on any atom is 0.138 e. The summed E-state index contributed by atoms with van der Waals surface area (Å²) in [5.74, 6) is 0. The number of aryl methyl sites for hydroxylation is 4. The third kappa shape index (κ3) is 1.48. The topological polar surface area (TPSA) is 13.1 Å². The maximum absolute atomic E-state index is 6.21. The van der Waals surface area contributed by atoms with Crippen LogP contribution in [-0.4, -0.2) is 0 Å². The highest BCUT2D eigenvalue weighted by atomic mass is 16.3. The minimum absolute atomic E-state index is 1.05. The Morgan fingerprint density at radius 3 is 1.84 bits per heavy atom. The van der Waals surface area contributed by atoms with E-state index in [1.165, 1.54) is 44.2 Å². The SMILES string of the molecule is Cc1c(C)c(C)c2c(oc3c(C)ccc(C)c32)c1C. The second-order valence-electron chi connectivity index (χ2n) is 5.71. The van der Waals surface area contributed by atoms with Crippen LogP contribution in [0.2, 0.25) is 0 Å². The van der Waals surface area contributed by atoms with E-state index in [1.807, 2.05) is 0 Å². The number of furan rings is 1. The number of hydrogen-bond donors (Lipinski definition) is 0. The van der Waals surface area contributed by atoms with Crippen molar-refractivity contribution in [1.29, 1.82) is 0 Å². The van der Waals surface area contributed by atoms with Crippen LogP contribution in [0.25, 0.3) is 21.9 Å². The molecule has 19 heavy (non-hydrogen) atoms. The van der Waals surface area contributed by atoms with Crippen LogP contribution < -0.4 is 0 Å². The summed E-state index contributed by atoms with van der Waals surface area (Å²) in [5.41, 5.74) is 9.97. The zero-order valence-electron chi connectivity index (χ0n) is 12.6. The van der Waals surface area contributed by atoms with Crippen LogP contribution in [0, 0.1) is 41.5 Å². The van der Waals surface area contributed by atoms with Gasteiger partial charge in [0.15, 0.2) is 0 Å². The normalized spacial score (nSPS) is 11.7. The Morgan fingerprint density at radius 1 is 0.579 bits per heavy atom. The molecule has 0 unspecified atom stereocenters. The van der Waals surface area contributed by atoms with E-state index in [4.69, 9.17) is 4.42 Å². The molecule has 0 saturated heterocycles. The maximum atomic E-state index is 6.21. The number of benzene rings is 2. The monoisotopic (exact) mass is 252 g/mol. The van der Waals surface area contributed by atoms with Gasteiger partial charge >= 0.3 is 0 Å². The molecule has 1 heteroatoms. The Kier molecular flexibility index (Phi) is 2.50. The van der Waals surface area contributed by atoms with Crippen LogP contribution in [0.4, 0.5) is 0 Å². The predicted molar refractivity (Wildman–Crippen MR) is 82.1 cm³/mol. The first kappa shape index (κ1) is 12.3. The number of fused-ring (bicyclic) bond motifs is 3. The van der Waals surface area contributed by atoms with Crippen molar-refractivity contribution < 1.29 is 4.42 Å². The van der Waals surface area contributed by atoms with Gasteiger partial charge in [0.1, 0.15) is 11.2 Å². The molecule has 0 radical (unpaired) electrons. The lowest BCUT2D eigenvalue weighted by molar-refractivity contribution is 0.661. The van der Waals surface area contributed by atoms with Gasteiger partial charge in [-0.3, -0.25) is 0 Å². The van der Waals surface area contributed by atoms with Crippen molar-refractivity contribution in [2.24, 2.45) is 0 Å². The Bertz CT molecular complexity index is 819. The van der Waals surface area contributed by atoms with Gasteiger partial charge in [-0.05, 0) is 74.9 Å². The summed E-state index contributed by atoms with van der Waals surface area (Å²) in [6.07, 6.45) is 0. The minimum Gasteiger partial charge on any atom is -0.455 e. The smallest absolute Gasteiger partial charge is 0.138 e. The average Bonchev–Trinajstić information content (AvgIpc) is 2.80. The van der Waals surface area contributed by atoms with Crippen LogP contribution in [0.1, 0.15) is 33.4 Å². The molecule has 0 spiro atoms. The van der Waals surface area contributed by atoms with Gasteiger partial charge in [-0.2, -0.15) is 0 Å². The van der Waals surface area contributed by atoms with E-state index in [0.29, 0.717) is 0 Å². The van der Waals surface area contributed by atoms with E-state index in [0.717, 1.165) is 11.2 Å². The van der Waals surface area contributed by atoms with Crippen molar-refractivity contribution in [3.8, 4) is 0 Å². The van der Waals surface area contributed by atoms with E-state index in [2.05, 4.69) is 53.7 Å². The van der Waals surface area contributed by atoms with Gasteiger partial charge in [0.05, 0.1) is 0 Å². The molecule has 0 aliphatic carbocycles. The molecule has 0 saturated carbocycles. The van der Waals surface area contributed by atoms with Crippen LogP contribution >= 0.6 is 0 Å². The summed E-state index contributed by atoms with van der Waals surface area (Å²) in [6, 6.07) is 4.33. The van der Waals surface area contributed by atoms with Gasteiger partial charge in [-0.25, -0.2) is 0 Å². The number of hydrogen-bond acceptors (Lipinski definition) is 1. The summed E-state index contributed by atoms with van der Waals surface area (Å²) in [4.78, 5) is 0. The first-order chi connectivity index (χ1) is 8.93. The minimum atomic E-state index is 1.05. The van der Waals surface area contributed by atoms with E-state index in [9.17, 15) is 0 Å². The fourth-order valence-electron chi connectivity index (χ4n) is 3.04. The molecule has 0 fully saturated rings.